The number of nitrogens with zero attached hydrogens (tertiary/aromatic N) is 1. The van der Waals surface area contributed by atoms with Gasteiger partial charge in [0, 0.05) is 30.6 Å². The molecule has 3 nitrogen and oxygen atoms in total. The van der Waals surface area contributed by atoms with Gasteiger partial charge in [0.2, 0.25) is 0 Å². The number of fused-ring (bicyclic) bond motifs is 1. The average Bonchev–Trinajstić information content (AvgIpc) is 3.04. The fraction of sp³-hybridized carbons (Fsp3) is 0.278. The minimum atomic E-state index is 0.439. The number of benzene rings is 1. The summed E-state index contributed by atoms with van der Waals surface area (Å²) in [5.74, 6) is 1.05. The van der Waals surface area contributed by atoms with E-state index >= 15 is 0 Å². The fourth-order valence-corrected chi connectivity index (χ4v) is 2.51. The van der Waals surface area contributed by atoms with E-state index in [-0.39, 0.29) is 0 Å². The number of para-hydroxylation sites is 1. The van der Waals surface area contributed by atoms with Crippen LogP contribution in [0.3, 0.4) is 0 Å². The van der Waals surface area contributed by atoms with Crippen LogP contribution >= 0.6 is 0 Å². The summed E-state index contributed by atoms with van der Waals surface area (Å²) in [5.41, 5.74) is 2.34. The first kappa shape index (κ1) is 13.8. The van der Waals surface area contributed by atoms with Gasteiger partial charge in [-0.1, -0.05) is 24.3 Å². The predicted molar refractivity (Wildman–Crippen MR) is 85.1 cm³/mol. The Labute approximate surface area is 125 Å². The molecular weight excluding hydrogens is 260 g/mol. The standard InChI is InChI=1S/C18H20N2O/c1-14(9-10-17-8-4-12-21-17)20-13-16-6-2-5-15-7-3-11-19-18(15)16/h2-8,11-12,14,20H,9-10,13H2,1H3. The molecule has 0 fully saturated rings. The summed E-state index contributed by atoms with van der Waals surface area (Å²) in [6.45, 7) is 3.05. The van der Waals surface area contributed by atoms with Crippen LogP contribution in [0.1, 0.15) is 24.7 Å². The molecule has 0 saturated carbocycles. The third-order valence-corrected chi connectivity index (χ3v) is 3.76. The molecule has 2 heterocycles. The van der Waals surface area contributed by atoms with E-state index in [0.29, 0.717) is 6.04 Å². The maximum Gasteiger partial charge on any atom is 0.103 e. The second kappa shape index (κ2) is 6.55. The molecule has 0 aliphatic heterocycles. The zero-order valence-electron chi connectivity index (χ0n) is 12.3. The van der Waals surface area contributed by atoms with Crippen LogP contribution in [0, 0.1) is 0 Å². The lowest BCUT2D eigenvalue weighted by atomic mass is 10.1. The van der Waals surface area contributed by atoms with E-state index in [1.807, 2.05) is 24.4 Å². The van der Waals surface area contributed by atoms with Gasteiger partial charge in [0.05, 0.1) is 11.8 Å². The van der Waals surface area contributed by atoms with Gasteiger partial charge < -0.3 is 9.73 Å². The lowest BCUT2D eigenvalue weighted by Gasteiger charge is -2.14. The molecule has 0 aliphatic rings. The Bertz CT molecular complexity index is 686. The van der Waals surface area contributed by atoms with Gasteiger partial charge in [0.25, 0.3) is 0 Å². The van der Waals surface area contributed by atoms with Gasteiger partial charge in [-0.15, -0.1) is 0 Å². The Hall–Kier alpha value is -2.13. The van der Waals surface area contributed by atoms with Crippen molar-refractivity contribution in [1.82, 2.24) is 10.3 Å². The van der Waals surface area contributed by atoms with E-state index in [1.54, 1.807) is 6.26 Å². The first-order valence-corrected chi connectivity index (χ1v) is 7.41. The summed E-state index contributed by atoms with van der Waals surface area (Å²) in [6.07, 6.45) is 5.61. The molecule has 21 heavy (non-hydrogen) atoms. The first-order valence-electron chi connectivity index (χ1n) is 7.41. The van der Waals surface area contributed by atoms with E-state index in [0.717, 1.165) is 30.7 Å². The normalized spacial score (nSPS) is 12.6. The third-order valence-electron chi connectivity index (χ3n) is 3.76. The molecule has 3 rings (SSSR count). The fourth-order valence-electron chi connectivity index (χ4n) is 2.51. The van der Waals surface area contributed by atoms with Gasteiger partial charge in [-0.25, -0.2) is 0 Å². The van der Waals surface area contributed by atoms with Crippen LogP contribution in [0.5, 0.6) is 0 Å². The topological polar surface area (TPSA) is 38.1 Å². The Morgan fingerprint density at radius 3 is 2.90 bits per heavy atom. The molecule has 1 unspecified atom stereocenters. The van der Waals surface area contributed by atoms with E-state index < -0.39 is 0 Å². The molecule has 1 N–H and O–H groups in total. The summed E-state index contributed by atoms with van der Waals surface area (Å²) in [6, 6.07) is 14.8. The van der Waals surface area contributed by atoms with Crippen molar-refractivity contribution in [2.24, 2.45) is 0 Å². The van der Waals surface area contributed by atoms with Crippen molar-refractivity contribution in [3.05, 3.63) is 66.2 Å². The molecular formula is C18H20N2O. The summed E-state index contributed by atoms with van der Waals surface area (Å²) in [5, 5.41) is 4.77. The Morgan fingerprint density at radius 1 is 1.14 bits per heavy atom. The molecule has 108 valence electrons. The SMILES string of the molecule is CC(CCc1ccco1)NCc1cccc2cccnc12. The highest BCUT2D eigenvalue weighted by Gasteiger charge is 2.06. The Balaban J connectivity index is 1.58. The van der Waals surface area contributed by atoms with Crippen LogP contribution in [0.4, 0.5) is 0 Å². The first-order chi connectivity index (χ1) is 10.3. The quantitative estimate of drug-likeness (QED) is 0.743. The highest BCUT2D eigenvalue weighted by atomic mass is 16.3. The number of nitrogens with one attached hydrogen (secondary N) is 1. The number of hydrogen-bond acceptors (Lipinski definition) is 3. The van der Waals surface area contributed by atoms with Crippen LogP contribution < -0.4 is 5.32 Å². The van der Waals surface area contributed by atoms with Crippen molar-refractivity contribution in [1.29, 1.82) is 0 Å². The van der Waals surface area contributed by atoms with E-state index in [4.69, 9.17) is 4.42 Å². The van der Waals surface area contributed by atoms with E-state index in [2.05, 4.69) is 41.5 Å². The van der Waals surface area contributed by atoms with Crippen LogP contribution in [-0.2, 0) is 13.0 Å². The van der Waals surface area contributed by atoms with Gasteiger partial charge in [-0.05, 0) is 37.1 Å². The molecule has 0 spiro atoms. The van der Waals surface area contributed by atoms with Gasteiger partial charge in [-0.3, -0.25) is 4.98 Å². The van der Waals surface area contributed by atoms with Crippen molar-refractivity contribution in [3.63, 3.8) is 0 Å². The minimum Gasteiger partial charge on any atom is -0.469 e. The van der Waals surface area contributed by atoms with Gasteiger partial charge in [-0.2, -0.15) is 0 Å². The van der Waals surface area contributed by atoms with E-state index in [1.165, 1.54) is 10.9 Å². The van der Waals surface area contributed by atoms with Gasteiger partial charge >= 0.3 is 0 Å². The number of aryl methyl sites for hydroxylation is 1. The Morgan fingerprint density at radius 2 is 2.05 bits per heavy atom. The number of hydrogen-bond donors (Lipinski definition) is 1. The molecule has 0 saturated heterocycles. The number of rotatable bonds is 6. The Kier molecular flexibility index (Phi) is 4.31. The lowest BCUT2D eigenvalue weighted by Crippen LogP contribution is -2.26. The molecule has 2 aromatic heterocycles. The van der Waals surface area contributed by atoms with Crippen molar-refractivity contribution < 1.29 is 4.42 Å². The molecule has 0 amide bonds. The maximum atomic E-state index is 5.37. The van der Waals surface area contributed by atoms with Crippen LogP contribution in [0.15, 0.2) is 59.3 Å². The van der Waals surface area contributed by atoms with Crippen LogP contribution in [0.2, 0.25) is 0 Å². The molecule has 3 heteroatoms. The predicted octanol–water partition coefficient (Wildman–Crippen LogP) is 3.94. The van der Waals surface area contributed by atoms with Crippen LogP contribution in [0.25, 0.3) is 10.9 Å². The summed E-state index contributed by atoms with van der Waals surface area (Å²) in [7, 11) is 0. The molecule has 0 radical (unpaired) electrons. The van der Waals surface area contributed by atoms with Gasteiger partial charge in [0.15, 0.2) is 0 Å². The summed E-state index contributed by atoms with van der Waals surface area (Å²) in [4.78, 5) is 4.49. The maximum absolute atomic E-state index is 5.37. The van der Waals surface area contributed by atoms with Crippen molar-refractivity contribution in [2.45, 2.75) is 32.4 Å². The molecule has 3 aromatic rings. The largest absolute Gasteiger partial charge is 0.469 e. The van der Waals surface area contributed by atoms with Crippen molar-refractivity contribution >= 4 is 10.9 Å². The molecule has 1 aromatic carbocycles. The smallest absolute Gasteiger partial charge is 0.103 e. The summed E-state index contributed by atoms with van der Waals surface area (Å²) < 4.78 is 5.37. The monoisotopic (exact) mass is 280 g/mol. The number of aromatic nitrogens is 1. The zero-order chi connectivity index (χ0) is 14.5. The number of pyridine rings is 1. The van der Waals surface area contributed by atoms with E-state index in [9.17, 15) is 0 Å². The average molecular weight is 280 g/mol. The second-order valence-electron chi connectivity index (χ2n) is 5.39. The van der Waals surface area contributed by atoms with Crippen molar-refractivity contribution in [2.75, 3.05) is 0 Å². The van der Waals surface area contributed by atoms with Crippen LogP contribution in [-0.4, -0.2) is 11.0 Å². The highest BCUT2D eigenvalue weighted by molar-refractivity contribution is 5.81. The molecule has 0 aliphatic carbocycles. The summed E-state index contributed by atoms with van der Waals surface area (Å²) >= 11 is 0. The lowest BCUT2D eigenvalue weighted by molar-refractivity contribution is 0.460. The molecule has 1 atom stereocenters. The minimum absolute atomic E-state index is 0.439. The third kappa shape index (κ3) is 3.50. The zero-order valence-corrected chi connectivity index (χ0v) is 12.3. The number of furan rings is 1. The highest BCUT2D eigenvalue weighted by Crippen LogP contribution is 2.16. The van der Waals surface area contributed by atoms with Gasteiger partial charge in [0.1, 0.15) is 5.76 Å². The molecule has 0 bridgehead atoms. The second-order valence-corrected chi connectivity index (χ2v) is 5.39. The van der Waals surface area contributed by atoms with Crippen molar-refractivity contribution in [3.8, 4) is 0 Å².